The van der Waals surface area contributed by atoms with E-state index in [4.69, 9.17) is 4.74 Å². The Kier molecular flexibility index (Phi) is 7.82. The van der Waals surface area contributed by atoms with Crippen LogP contribution in [0.3, 0.4) is 0 Å². The second-order valence-electron chi connectivity index (χ2n) is 7.89. The van der Waals surface area contributed by atoms with E-state index in [9.17, 15) is 18.0 Å². The van der Waals surface area contributed by atoms with Gasteiger partial charge in [0.05, 0.1) is 10.5 Å². The summed E-state index contributed by atoms with van der Waals surface area (Å²) in [5, 5.41) is 0. The molecule has 2 rings (SSSR count). The lowest BCUT2D eigenvalue weighted by atomic mass is 9.92. The van der Waals surface area contributed by atoms with Crippen LogP contribution < -0.4 is 0 Å². The summed E-state index contributed by atoms with van der Waals surface area (Å²) >= 11 is 0. The minimum Gasteiger partial charge on any atom is -0.452 e. The first-order valence-electron chi connectivity index (χ1n) is 10.2. The van der Waals surface area contributed by atoms with E-state index in [1.807, 2.05) is 0 Å². The average Bonchev–Trinajstić information content (AvgIpc) is 2.66. The fourth-order valence-corrected chi connectivity index (χ4v) is 5.34. The van der Waals surface area contributed by atoms with Crippen molar-refractivity contribution in [2.45, 2.75) is 45.9 Å². The highest BCUT2D eigenvalue weighted by Crippen LogP contribution is 2.22. The van der Waals surface area contributed by atoms with E-state index in [1.165, 1.54) is 16.4 Å². The van der Waals surface area contributed by atoms with Crippen molar-refractivity contribution in [3.05, 3.63) is 29.3 Å². The van der Waals surface area contributed by atoms with Crippen LogP contribution in [0, 0.1) is 18.8 Å². The van der Waals surface area contributed by atoms with E-state index in [0.717, 1.165) is 6.42 Å². The fraction of sp³-hybridized carbons (Fsp3) is 0.619. The third-order valence-electron chi connectivity index (χ3n) is 5.32. The summed E-state index contributed by atoms with van der Waals surface area (Å²) in [6.07, 6.45) is 1.08. The Balaban J connectivity index is 2.12. The number of likely N-dealkylation sites (tertiary alicyclic amines) is 1. The molecule has 29 heavy (non-hydrogen) atoms. The standard InChI is InChI=1S/C21H32N2O5S/c1-6-23(7-2)29(26,27)18-9-8-17(5)19(11-18)21(25)28-14-20(24)22-12-15(3)10-16(4)13-22/h8-9,11,15-16H,6-7,10,12-14H2,1-5H3. The van der Waals surface area contributed by atoms with E-state index in [2.05, 4.69) is 13.8 Å². The third kappa shape index (κ3) is 5.57. The number of piperidine rings is 1. The predicted molar refractivity (Wildman–Crippen MR) is 111 cm³/mol. The van der Waals surface area contributed by atoms with Crippen LogP contribution in [0.5, 0.6) is 0 Å². The number of rotatable bonds is 7. The largest absolute Gasteiger partial charge is 0.452 e. The van der Waals surface area contributed by atoms with Gasteiger partial charge in [-0.25, -0.2) is 13.2 Å². The normalized spacial score (nSPS) is 20.0. The highest BCUT2D eigenvalue weighted by molar-refractivity contribution is 7.89. The number of sulfonamides is 1. The Morgan fingerprint density at radius 2 is 1.72 bits per heavy atom. The molecule has 0 N–H and O–H groups in total. The molecule has 1 aliphatic rings. The van der Waals surface area contributed by atoms with E-state index in [0.29, 0.717) is 43.6 Å². The first-order valence-corrected chi connectivity index (χ1v) is 11.6. The van der Waals surface area contributed by atoms with Crippen LogP contribution in [0.15, 0.2) is 23.1 Å². The van der Waals surface area contributed by atoms with Crippen molar-refractivity contribution in [3.63, 3.8) is 0 Å². The maximum Gasteiger partial charge on any atom is 0.338 e. The highest BCUT2D eigenvalue weighted by Gasteiger charge is 2.27. The number of carbonyl (C=O) groups is 2. The molecule has 1 heterocycles. The topological polar surface area (TPSA) is 84.0 Å². The third-order valence-corrected chi connectivity index (χ3v) is 7.37. The van der Waals surface area contributed by atoms with Gasteiger partial charge < -0.3 is 9.64 Å². The molecule has 1 amide bonds. The Labute approximate surface area is 174 Å². The first-order chi connectivity index (χ1) is 13.6. The molecule has 0 radical (unpaired) electrons. The molecule has 1 fully saturated rings. The summed E-state index contributed by atoms with van der Waals surface area (Å²) in [6.45, 7) is 11.1. The minimum absolute atomic E-state index is 0.0451. The van der Waals surface area contributed by atoms with E-state index >= 15 is 0 Å². The molecule has 0 bridgehead atoms. The molecule has 1 aromatic rings. The van der Waals surface area contributed by atoms with Crippen molar-refractivity contribution in [2.75, 3.05) is 32.8 Å². The van der Waals surface area contributed by atoms with Gasteiger partial charge in [-0.1, -0.05) is 33.8 Å². The van der Waals surface area contributed by atoms with Gasteiger partial charge in [0.1, 0.15) is 0 Å². The molecular weight excluding hydrogens is 392 g/mol. The van der Waals surface area contributed by atoms with Gasteiger partial charge in [0.15, 0.2) is 6.61 Å². The number of hydrogen-bond acceptors (Lipinski definition) is 5. The summed E-state index contributed by atoms with van der Waals surface area (Å²) in [5.41, 5.74) is 0.757. The molecule has 0 spiro atoms. The maximum atomic E-state index is 12.7. The number of esters is 1. The number of nitrogens with zero attached hydrogens (tertiary/aromatic N) is 2. The van der Waals surface area contributed by atoms with E-state index in [1.54, 1.807) is 31.7 Å². The Bertz CT molecular complexity index is 839. The zero-order chi connectivity index (χ0) is 21.8. The number of hydrogen-bond donors (Lipinski definition) is 0. The fourth-order valence-electron chi connectivity index (χ4n) is 3.86. The van der Waals surface area contributed by atoms with Crippen molar-refractivity contribution >= 4 is 21.9 Å². The molecule has 2 unspecified atom stereocenters. The highest BCUT2D eigenvalue weighted by atomic mass is 32.2. The molecule has 7 nitrogen and oxygen atoms in total. The number of benzene rings is 1. The van der Waals surface area contributed by atoms with E-state index < -0.39 is 16.0 Å². The lowest BCUT2D eigenvalue weighted by Crippen LogP contribution is -2.44. The molecule has 162 valence electrons. The lowest BCUT2D eigenvalue weighted by molar-refractivity contribution is -0.137. The van der Waals surface area contributed by atoms with Gasteiger partial charge >= 0.3 is 5.97 Å². The Morgan fingerprint density at radius 3 is 2.28 bits per heavy atom. The van der Waals surface area contributed by atoms with Crippen LogP contribution in [0.25, 0.3) is 0 Å². The van der Waals surface area contributed by atoms with Gasteiger partial charge in [0.25, 0.3) is 5.91 Å². The second-order valence-corrected chi connectivity index (χ2v) is 9.82. The number of amides is 1. The van der Waals surface area contributed by atoms with Crippen molar-refractivity contribution in [1.82, 2.24) is 9.21 Å². The first kappa shape index (κ1) is 23.3. The summed E-state index contributed by atoms with van der Waals surface area (Å²) in [6, 6.07) is 4.41. The SMILES string of the molecule is CCN(CC)S(=O)(=O)c1ccc(C)c(C(=O)OCC(=O)N2CC(C)CC(C)C2)c1. The van der Waals surface area contributed by atoms with Crippen molar-refractivity contribution in [3.8, 4) is 0 Å². The summed E-state index contributed by atoms with van der Waals surface area (Å²) < 4.78 is 32.0. The summed E-state index contributed by atoms with van der Waals surface area (Å²) in [4.78, 5) is 26.8. The molecule has 1 aromatic carbocycles. The monoisotopic (exact) mass is 424 g/mol. The summed E-state index contributed by atoms with van der Waals surface area (Å²) in [7, 11) is -3.68. The van der Waals surface area contributed by atoms with Gasteiger partial charge in [-0.3, -0.25) is 4.79 Å². The van der Waals surface area contributed by atoms with Crippen molar-refractivity contribution < 1.29 is 22.7 Å². The van der Waals surface area contributed by atoms with Crippen LogP contribution in [0.1, 0.15) is 50.0 Å². The Morgan fingerprint density at radius 1 is 1.14 bits per heavy atom. The molecule has 1 aliphatic heterocycles. The molecule has 0 aromatic heterocycles. The van der Waals surface area contributed by atoms with Crippen molar-refractivity contribution in [2.24, 2.45) is 11.8 Å². The van der Waals surface area contributed by atoms with Gasteiger partial charge in [0.2, 0.25) is 10.0 Å². The maximum absolute atomic E-state index is 12.7. The number of ether oxygens (including phenoxy) is 1. The molecule has 1 saturated heterocycles. The van der Waals surface area contributed by atoms with Gasteiger partial charge in [0, 0.05) is 26.2 Å². The zero-order valence-corrected chi connectivity index (χ0v) is 18.8. The van der Waals surface area contributed by atoms with Crippen molar-refractivity contribution in [1.29, 1.82) is 0 Å². The number of aryl methyl sites for hydroxylation is 1. The molecule has 0 saturated carbocycles. The Hall–Kier alpha value is -1.93. The van der Waals surface area contributed by atoms with Crippen LogP contribution >= 0.6 is 0 Å². The zero-order valence-electron chi connectivity index (χ0n) is 18.0. The second kappa shape index (κ2) is 9.71. The quantitative estimate of drug-likeness (QED) is 0.629. The predicted octanol–water partition coefficient (Wildman–Crippen LogP) is 2.69. The number of carbonyl (C=O) groups excluding carboxylic acids is 2. The van der Waals surface area contributed by atoms with Gasteiger partial charge in [-0.2, -0.15) is 4.31 Å². The summed E-state index contributed by atoms with van der Waals surface area (Å²) in [5.74, 6) is -0.0721. The van der Waals surface area contributed by atoms with Crippen LogP contribution in [-0.2, 0) is 19.6 Å². The molecule has 2 atom stereocenters. The van der Waals surface area contributed by atoms with Gasteiger partial charge in [-0.15, -0.1) is 0 Å². The van der Waals surface area contributed by atoms with Crippen LogP contribution in [0.2, 0.25) is 0 Å². The molecule has 0 aliphatic carbocycles. The molecular formula is C21H32N2O5S. The van der Waals surface area contributed by atoms with E-state index in [-0.39, 0.29) is 23.0 Å². The smallest absolute Gasteiger partial charge is 0.338 e. The molecule has 8 heteroatoms. The minimum atomic E-state index is -3.68. The van der Waals surface area contributed by atoms with Crippen LogP contribution in [-0.4, -0.2) is 62.3 Å². The van der Waals surface area contributed by atoms with Gasteiger partial charge in [-0.05, 0) is 42.9 Å². The lowest BCUT2D eigenvalue weighted by Gasteiger charge is -2.34. The van der Waals surface area contributed by atoms with Crippen LogP contribution in [0.4, 0.5) is 0 Å². The average molecular weight is 425 g/mol.